The Hall–Kier alpha value is -17.6. The molecule has 26 rings (SSSR count). The van der Waals surface area contributed by atoms with Gasteiger partial charge in [-0.25, -0.2) is 59.8 Å². The fourth-order valence-corrected chi connectivity index (χ4v) is 17.8. The number of rotatable bonds is 10. The molecule has 0 amide bonds. The van der Waals surface area contributed by atoms with Crippen molar-refractivity contribution in [3.63, 3.8) is 0 Å². The molecule has 592 valence electrons. The van der Waals surface area contributed by atoms with E-state index in [9.17, 15) is 0 Å². The molecule has 0 radical (unpaired) electrons. The van der Waals surface area contributed by atoms with Crippen molar-refractivity contribution in [1.29, 1.82) is 0 Å². The Kier molecular flexibility index (Phi) is 17.8. The van der Waals surface area contributed by atoms with Crippen molar-refractivity contribution in [1.82, 2.24) is 73.0 Å². The molecular formula is C112H69N15. The Balaban J connectivity index is 0.000000107. The minimum atomic E-state index is 0.672. The average molecular weight is 1620 g/mol. The highest BCUT2D eigenvalue weighted by atomic mass is 15.0. The lowest BCUT2D eigenvalue weighted by Crippen LogP contribution is -1.96. The van der Waals surface area contributed by atoms with Crippen LogP contribution in [0.4, 0.5) is 0 Å². The third-order valence-electron chi connectivity index (χ3n) is 23.7. The lowest BCUT2D eigenvalue weighted by atomic mass is 9.99. The molecule has 127 heavy (non-hydrogen) atoms. The number of para-hydroxylation sites is 6. The van der Waals surface area contributed by atoms with E-state index in [1.165, 1.54) is 16.3 Å². The summed E-state index contributed by atoms with van der Waals surface area (Å²) in [5.74, 6) is 2.04. The minimum absolute atomic E-state index is 0.672. The van der Waals surface area contributed by atoms with Crippen LogP contribution in [0.2, 0.25) is 0 Å². The summed E-state index contributed by atoms with van der Waals surface area (Å²) in [4.78, 5) is 61.0. The Morgan fingerprint density at radius 2 is 0.425 bits per heavy atom. The molecule has 12 aromatic heterocycles. The predicted octanol–water partition coefficient (Wildman–Crippen LogP) is 26.8. The standard InChI is InChI=1S/C40H25N5.C38H23N5.C34H21N5/c1-2-12-26(13-3-1)27-14-10-15-28(24-27)36-31-18-4-7-21-34(31)42-40(44-36)30-17-11-16-29(25-30)37-39-38(32-19-5-6-20-33(32)41-37)43-35-22-8-9-23-45(35)39;1-2-11-25-22-27(20-19-24(25)10-1)34-29-14-3-6-17-32(29)40-38(42-34)28-13-9-12-26(23-28)35-37-36(30-15-4-5-16-31(30)39-35)41-33-18-7-8-21-43(33)37;1-2-11-22(12-3-1)30-25-15-4-7-18-28(25)36-34(38-30)24-14-10-13-23(21-24)31-33-32(26-16-5-6-17-27(26)35-31)37-29-19-8-9-20-39(29)33/h1-25H;1-23H;1-21H. The zero-order chi connectivity index (χ0) is 83.8. The molecule has 0 fully saturated rings. The Morgan fingerprint density at radius 1 is 0.150 bits per heavy atom. The van der Waals surface area contributed by atoms with E-state index in [1.54, 1.807) is 0 Å². The van der Waals surface area contributed by atoms with Crippen molar-refractivity contribution in [3.8, 4) is 113 Å². The number of fused-ring (bicyclic) bond motifs is 19. The summed E-state index contributed by atoms with van der Waals surface area (Å²) in [6, 6.07) is 137. The smallest absolute Gasteiger partial charge is 0.160 e. The van der Waals surface area contributed by atoms with Crippen molar-refractivity contribution in [2.45, 2.75) is 0 Å². The van der Waals surface area contributed by atoms with Gasteiger partial charge in [-0.2, -0.15) is 0 Å². The zero-order valence-corrected chi connectivity index (χ0v) is 68.0. The first kappa shape index (κ1) is 73.4. The van der Waals surface area contributed by atoms with Crippen molar-refractivity contribution >= 4 is 126 Å². The molecule has 0 N–H and O–H groups in total. The minimum Gasteiger partial charge on any atom is -0.298 e. The number of imidazole rings is 3. The van der Waals surface area contributed by atoms with Crippen molar-refractivity contribution in [2.24, 2.45) is 0 Å². The third-order valence-corrected chi connectivity index (χ3v) is 23.7. The van der Waals surface area contributed by atoms with E-state index in [0.29, 0.717) is 17.5 Å². The third kappa shape index (κ3) is 13.2. The summed E-state index contributed by atoms with van der Waals surface area (Å²) in [6.07, 6.45) is 6.15. The summed E-state index contributed by atoms with van der Waals surface area (Å²) in [7, 11) is 0. The molecule has 0 aliphatic carbocycles. The molecule has 14 aromatic carbocycles. The lowest BCUT2D eigenvalue weighted by Gasteiger charge is -2.12. The van der Waals surface area contributed by atoms with Gasteiger partial charge >= 0.3 is 0 Å². The molecule has 0 saturated heterocycles. The molecule has 0 spiro atoms. The van der Waals surface area contributed by atoms with Gasteiger partial charge in [0.2, 0.25) is 0 Å². The zero-order valence-electron chi connectivity index (χ0n) is 68.0. The normalized spacial score (nSPS) is 11.6. The van der Waals surface area contributed by atoms with Crippen LogP contribution in [-0.4, -0.2) is 73.0 Å². The number of aromatic nitrogens is 15. The van der Waals surface area contributed by atoms with Gasteiger partial charge in [0.05, 0.1) is 83.8 Å². The molecule has 0 unspecified atom stereocenters. The summed E-state index contributed by atoms with van der Waals surface area (Å²) >= 11 is 0. The van der Waals surface area contributed by atoms with Gasteiger partial charge in [0, 0.05) is 101 Å². The Labute approximate surface area is 726 Å². The van der Waals surface area contributed by atoms with E-state index in [1.807, 2.05) is 170 Å². The summed E-state index contributed by atoms with van der Waals surface area (Å²) in [5.41, 5.74) is 30.6. The van der Waals surface area contributed by atoms with Gasteiger partial charge in [-0.3, -0.25) is 13.2 Å². The summed E-state index contributed by atoms with van der Waals surface area (Å²) < 4.78 is 6.37. The molecular weight excluding hydrogens is 1560 g/mol. The van der Waals surface area contributed by atoms with Crippen LogP contribution in [0.15, 0.2) is 419 Å². The molecule has 26 aromatic rings. The lowest BCUT2D eigenvalue weighted by molar-refractivity contribution is 1.22. The van der Waals surface area contributed by atoms with Crippen LogP contribution in [-0.2, 0) is 0 Å². The van der Waals surface area contributed by atoms with Crippen LogP contribution >= 0.6 is 0 Å². The first-order chi connectivity index (χ1) is 62.9. The highest BCUT2D eigenvalue weighted by Gasteiger charge is 2.24. The molecule has 15 heteroatoms. The predicted molar refractivity (Wildman–Crippen MR) is 515 cm³/mol. The fourth-order valence-electron chi connectivity index (χ4n) is 17.8. The van der Waals surface area contributed by atoms with Gasteiger partial charge in [0.15, 0.2) is 17.5 Å². The maximum Gasteiger partial charge on any atom is 0.160 e. The van der Waals surface area contributed by atoms with Gasteiger partial charge < -0.3 is 0 Å². The van der Waals surface area contributed by atoms with Crippen LogP contribution in [0.25, 0.3) is 239 Å². The topological polar surface area (TPSA) is 168 Å². The quantitative estimate of drug-likeness (QED) is 0.127. The van der Waals surface area contributed by atoms with Gasteiger partial charge in [-0.05, 0) is 125 Å². The molecule has 12 heterocycles. The summed E-state index contributed by atoms with van der Waals surface area (Å²) in [5, 5.41) is 8.60. The van der Waals surface area contributed by atoms with Crippen LogP contribution in [0.3, 0.4) is 0 Å². The largest absolute Gasteiger partial charge is 0.298 e. The second-order valence-corrected chi connectivity index (χ2v) is 31.5. The van der Waals surface area contributed by atoms with E-state index in [0.717, 1.165) is 205 Å². The number of hydrogen-bond donors (Lipinski definition) is 0. The van der Waals surface area contributed by atoms with Gasteiger partial charge in [-0.1, -0.05) is 297 Å². The highest BCUT2D eigenvalue weighted by molar-refractivity contribution is 6.12. The maximum absolute atomic E-state index is 5.21. The van der Waals surface area contributed by atoms with Crippen LogP contribution in [0, 0.1) is 0 Å². The molecule has 0 aliphatic heterocycles. The summed E-state index contributed by atoms with van der Waals surface area (Å²) in [6.45, 7) is 0. The van der Waals surface area contributed by atoms with E-state index >= 15 is 0 Å². The van der Waals surface area contributed by atoms with Crippen molar-refractivity contribution in [3.05, 3.63) is 419 Å². The van der Waals surface area contributed by atoms with Crippen molar-refractivity contribution in [2.75, 3.05) is 0 Å². The van der Waals surface area contributed by atoms with E-state index in [2.05, 4.69) is 262 Å². The molecule has 0 bridgehead atoms. The number of nitrogens with zero attached hydrogens (tertiary/aromatic N) is 15. The Bertz CT molecular complexity index is 8890. The Morgan fingerprint density at radius 3 is 0.819 bits per heavy atom. The van der Waals surface area contributed by atoms with Gasteiger partial charge in [0.1, 0.15) is 33.5 Å². The second-order valence-electron chi connectivity index (χ2n) is 31.5. The molecule has 0 saturated carbocycles. The van der Waals surface area contributed by atoms with Crippen molar-refractivity contribution < 1.29 is 0 Å². The molecule has 15 nitrogen and oxygen atoms in total. The number of pyridine rings is 6. The molecule has 0 aliphatic rings. The van der Waals surface area contributed by atoms with Gasteiger partial charge in [-0.15, -0.1) is 0 Å². The van der Waals surface area contributed by atoms with Crippen LogP contribution < -0.4 is 0 Å². The van der Waals surface area contributed by atoms with Crippen LogP contribution in [0.1, 0.15) is 0 Å². The monoisotopic (exact) mass is 1620 g/mol. The molecule has 0 atom stereocenters. The SMILES string of the molecule is c1cc(-c2nc(-c3ccc4ccccc4c3)c3ccccc3n2)cc(-c2nc3ccccc3c3nc4ccccn4c23)c1.c1ccc(-c2cccc(-c3nc(-c4cccc(-c5nc6ccccc6c6nc7ccccn7c56)c4)nc4ccccc34)c2)cc1.c1ccc(-c2nc(-c3cccc(-c4nc5ccccc5c5nc6ccccn6c45)c3)nc3ccccc23)cc1. The van der Waals surface area contributed by atoms with E-state index in [-0.39, 0.29) is 0 Å². The number of benzene rings is 14. The average Bonchev–Trinajstić information content (AvgIpc) is 1.60. The first-order valence-electron chi connectivity index (χ1n) is 42.2. The number of hydrogen-bond acceptors (Lipinski definition) is 12. The van der Waals surface area contributed by atoms with E-state index < -0.39 is 0 Å². The fraction of sp³-hybridized carbons (Fsp3) is 0. The van der Waals surface area contributed by atoms with E-state index in [4.69, 9.17) is 59.8 Å². The second kappa shape index (κ2) is 30.8. The van der Waals surface area contributed by atoms with Gasteiger partial charge in [0.25, 0.3) is 0 Å². The highest BCUT2D eigenvalue weighted by Crippen LogP contribution is 2.42. The first-order valence-corrected chi connectivity index (χ1v) is 42.2. The maximum atomic E-state index is 5.21. The van der Waals surface area contributed by atoms with Crippen LogP contribution in [0.5, 0.6) is 0 Å².